The maximum atomic E-state index is 3.68. The summed E-state index contributed by atoms with van der Waals surface area (Å²) in [5.41, 5.74) is 1.46. The van der Waals surface area contributed by atoms with Crippen LogP contribution in [-0.4, -0.2) is 37.6 Å². The molecule has 0 aliphatic carbocycles. The second kappa shape index (κ2) is 10.3. The maximum Gasteiger partial charge on any atom is 0.0107 e. The molecule has 0 fully saturated rings. The number of rotatable bonds is 10. The SMILES string of the molecule is CC=CCC(CNCCN(CC)CC)c1cccc2ccccc12. The highest BCUT2D eigenvalue weighted by molar-refractivity contribution is 5.86. The third kappa shape index (κ3) is 5.19. The van der Waals surface area contributed by atoms with Crippen LogP contribution in [0.2, 0.25) is 0 Å². The zero-order valence-electron chi connectivity index (χ0n) is 15.5. The lowest BCUT2D eigenvalue weighted by molar-refractivity contribution is 0.301. The molecule has 0 amide bonds. The summed E-state index contributed by atoms with van der Waals surface area (Å²) >= 11 is 0. The average Bonchev–Trinajstić information content (AvgIpc) is 2.64. The van der Waals surface area contributed by atoms with E-state index in [2.05, 4.69) is 85.6 Å². The Morgan fingerprint density at radius 1 is 1.04 bits per heavy atom. The standard InChI is InChI=1S/C22H32N2/c1-4-7-11-20(18-23-16-17-24(5-2)6-3)22-15-10-13-19-12-8-9-14-21(19)22/h4,7-10,12-15,20,23H,5-6,11,16-18H2,1-3H3. The van der Waals surface area contributed by atoms with Crippen LogP contribution >= 0.6 is 0 Å². The van der Waals surface area contributed by atoms with Gasteiger partial charge in [-0.15, -0.1) is 0 Å². The van der Waals surface area contributed by atoms with Crippen molar-refractivity contribution in [1.29, 1.82) is 0 Å². The zero-order chi connectivity index (χ0) is 17.2. The van der Waals surface area contributed by atoms with Gasteiger partial charge < -0.3 is 10.2 Å². The van der Waals surface area contributed by atoms with Gasteiger partial charge in [-0.1, -0.05) is 68.5 Å². The summed E-state index contributed by atoms with van der Waals surface area (Å²) in [6.07, 6.45) is 5.54. The van der Waals surface area contributed by atoms with E-state index in [9.17, 15) is 0 Å². The molecule has 1 unspecified atom stereocenters. The molecule has 2 rings (SSSR count). The quantitative estimate of drug-likeness (QED) is 0.498. The van der Waals surface area contributed by atoms with E-state index in [1.54, 1.807) is 0 Å². The third-order valence-corrected chi connectivity index (χ3v) is 4.81. The molecule has 2 nitrogen and oxygen atoms in total. The number of hydrogen-bond donors (Lipinski definition) is 1. The van der Waals surface area contributed by atoms with Crippen molar-refractivity contribution < 1.29 is 0 Å². The minimum absolute atomic E-state index is 0.518. The van der Waals surface area contributed by atoms with E-state index >= 15 is 0 Å². The molecule has 0 saturated carbocycles. The van der Waals surface area contributed by atoms with Gasteiger partial charge in [0, 0.05) is 25.6 Å². The summed E-state index contributed by atoms with van der Waals surface area (Å²) in [7, 11) is 0. The van der Waals surface area contributed by atoms with E-state index in [0.29, 0.717) is 5.92 Å². The normalized spacial score (nSPS) is 13.2. The summed E-state index contributed by atoms with van der Waals surface area (Å²) in [6, 6.07) is 15.4. The summed E-state index contributed by atoms with van der Waals surface area (Å²) in [4.78, 5) is 2.46. The highest BCUT2D eigenvalue weighted by Crippen LogP contribution is 2.28. The van der Waals surface area contributed by atoms with E-state index in [1.807, 2.05) is 0 Å². The predicted octanol–water partition coefficient (Wildman–Crippen LogP) is 4.82. The second-order valence-corrected chi connectivity index (χ2v) is 6.30. The van der Waals surface area contributed by atoms with Gasteiger partial charge in [-0.25, -0.2) is 0 Å². The number of fused-ring (bicyclic) bond motifs is 1. The predicted molar refractivity (Wildman–Crippen MR) is 107 cm³/mol. The smallest absolute Gasteiger partial charge is 0.0107 e. The van der Waals surface area contributed by atoms with Crippen molar-refractivity contribution in [2.45, 2.75) is 33.1 Å². The van der Waals surface area contributed by atoms with E-state index in [0.717, 1.165) is 39.1 Å². The lowest BCUT2D eigenvalue weighted by Crippen LogP contribution is -2.33. The van der Waals surface area contributed by atoms with Gasteiger partial charge in [0.1, 0.15) is 0 Å². The van der Waals surface area contributed by atoms with Crippen LogP contribution in [0.4, 0.5) is 0 Å². The Balaban J connectivity index is 2.07. The van der Waals surface area contributed by atoms with E-state index < -0.39 is 0 Å². The molecular weight excluding hydrogens is 292 g/mol. The number of hydrogen-bond acceptors (Lipinski definition) is 2. The first kappa shape index (κ1) is 18.7. The van der Waals surface area contributed by atoms with E-state index in [1.165, 1.54) is 16.3 Å². The summed E-state index contributed by atoms with van der Waals surface area (Å²) in [5.74, 6) is 0.518. The summed E-state index contributed by atoms with van der Waals surface area (Å²) < 4.78 is 0. The molecule has 0 radical (unpaired) electrons. The lowest BCUT2D eigenvalue weighted by atomic mass is 9.90. The van der Waals surface area contributed by atoms with Gasteiger partial charge >= 0.3 is 0 Å². The van der Waals surface area contributed by atoms with Crippen LogP contribution < -0.4 is 5.32 Å². The summed E-state index contributed by atoms with van der Waals surface area (Å²) in [6.45, 7) is 12.0. The van der Waals surface area contributed by atoms with Crippen LogP contribution in [0.25, 0.3) is 10.8 Å². The van der Waals surface area contributed by atoms with Gasteiger partial charge in [0.2, 0.25) is 0 Å². The van der Waals surface area contributed by atoms with Crippen LogP contribution in [0, 0.1) is 0 Å². The van der Waals surface area contributed by atoms with Gasteiger partial charge in [0.25, 0.3) is 0 Å². The van der Waals surface area contributed by atoms with Crippen LogP contribution in [0.3, 0.4) is 0 Å². The zero-order valence-corrected chi connectivity index (χ0v) is 15.5. The first-order chi connectivity index (χ1) is 11.8. The maximum absolute atomic E-state index is 3.68. The first-order valence-corrected chi connectivity index (χ1v) is 9.32. The fourth-order valence-corrected chi connectivity index (χ4v) is 3.28. The summed E-state index contributed by atoms with van der Waals surface area (Å²) in [5, 5.41) is 6.41. The molecule has 0 aliphatic heterocycles. The Morgan fingerprint density at radius 3 is 2.54 bits per heavy atom. The van der Waals surface area contributed by atoms with Crippen LogP contribution in [-0.2, 0) is 0 Å². The Morgan fingerprint density at radius 2 is 1.79 bits per heavy atom. The number of nitrogens with zero attached hydrogens (tertiary/aromatic N) is 1. The van der Waals surface area contributed by atoms with Crippen molar-refractivity contribution in [3.8, 4) is 0 Å². The lowest BCUT2D eigenvalue weighted by Gasteiger charge is -2.21. The molecule has 1 atom stereocenters. The van der Waals surface area contributed by atoms with Crippen molar-refractivity contribution in [3.05, 3.63) is 60.2 Å². The molecule has 2 aromatic carbocycles. The van der Waals surface area contributed by atoms with Gasteiger partial charge in [-0.3, -0.25) is 0 Å². The fourth-order valence-electron chi connectivity index (χ4n) is 3.28. The molecule has 0 heterocycles. The van der Waals surface area contributed by atoms with Crippen LogP contribution in [0.1, 0.15) is 38.7 Å². The largest absolute Gasteiger partial charge is 0.315 e. The minimum atomic E-state index is 0.518. The minimum Gasteiger partial charge on any atom is -0.315 e. The first-order valence-electron chi connectivity index (χ1n) is 9.32. The Kier molecular flexibility index (Phi) is 8.00. The van der Waals surface area contributed by atoms with E-state index in [-0.39, 0.29) is 0 Å². The van der Waals surface area contributed by atoms with E-state index in [4.69, 9.17) is 0 Å². The van der Waals surface area contributed by atoms with Gasteiger partial charge in [-0.2, -0.15) is 0 Å². The van der Waals surface area contributed by atoms with Crippen molar-refractivity contribution in [2.24, 2.45) is 0 Å². The number of likely N-dealkylation sites (N-methyl/N-ethyl adjacent to an activating group) is 1. The number of allylic oxidation sites excluding steroid dienone is 2. The Bertz CT molecular complexity index is 623. The molecule has 24 heavy (non-hydrogen) atoms. The molecule has 0 saturated heterocycles. The molecule has 0 aromatic heterocycles. The average molecular weight is 325 g/mol. The van der Waals surface area contributed by atoms with Crippen molar-refractivity contribution in [2.75, 3.05) is 32.7 Å². The molecule has 2 heteroatoms. The second-order valence-electron chi connectivity index (χ2n) is 6.30. The highest BCUT2D eigenvalue weighted by Gasteiger charge is 2.13. The molecule has 0 aliphatic rings. The van der Waals surface area contributed by atoms with Crippen molar-refractivity contribution >= 4 is 10.8 Å². The molecule has 0 spiro atoms. The topological polar surface area (TPSA) is 15.3 Å². The Hall–Kier alpha value is -1.64. The molecular formula is C22H32N2. The van der Waals surface area contributed by atoms with Gasteiger partial charge in [0.15, 0.2) is 0 Å². The van der Waals surface area contributed by atoms with Crippen molar-refractivity contribution in [3.63, 3.8) is 0 Å². The monoisotopic (exact) mass is 324 g/mol. The molecule has 130 valence electrons. The number of nitrogens with one attached hydrogen (secondary N) is 1. The van der Waals surface area contributed by atoms with Gasteiger partial charge in [0.05, 0.1) is 0 Å². The van der Waals surface area contributed by atoms with Crippen LogP contribution in [0.5, 0.6) is 0 Å². The van der Waals surface area contributed by atoms with Crippen LogP contribution in [0.15, 0.2) is 54.6 Å². The molecule has 1 N–H and O–H groups in total. The fraction of sp³-hybridized carbons (Fsp3) is 0.455. The highest BCUT2D eigenvalue weighted by atomic mass is 15.1. The van der Waals surface area contributed by atoms with Crippen molar-refractivity contribution in [1.82, 2.24) is 10.2 Å². The van der Waals surface area contributed by atoms with Gasteiger partial charge in [-0.05, 0) is 42.8 Å². The third-order valence-electron chi connectivity index (χ3n) is 4.81. The molecule has 2 aromatic rings. The number of benzene rings is 2. The Labute approximate surface area is 147 Å². The molecule has 0 bridgehead atoms.